The first kappa shape index (κ1) is 15.3. The molecular weight excluding hydrogens is 285 g/mol. The van der Waals surface area contributed by atoms with Gasteiger partial charge in [0.1, 0.15) is 5.75 Å². The molecule has 0 N–H and O–H groups in total. The van der Waals surface area contributed by atoms with Crippen molar-refractivity contribution in [2.45, 2.75) is 27.1 Å². The largest absolute Gasteiger partial charge is 0.573 e. The van der Waals surface area contributed by atoms with Crippen LogP contribution >= 0.6 is 15.9 Å². The van der Waals surface area contributed by atoms with Gasteiger partial charge in [-0.25, -0.2) is 0 Å². The number of benzene rings is 1. The smallest absolute Gasteiger partial charge is 0.406 e. The topological polar surface area (TPSA) is 9.23 Å². The molecule has 0 bridgehead atoms. The first-order valence-corrected chi connectivity index (χ1v) is 5.51. The number of alkyl halides is 3. The fraction of sp³-hybridized carbons (Fsp3) is 0.455. The van der Waals surface area contributed by atoms with E-state index in [1.807, 2.05) is 0 Å². The Morgan fingerprint density at radius 2 is 1.44 bits per heavy atom. The second-order valence-electron chi connectivity index (χ2n) is 3.73. The fourth-order valence-corrected chi connectivity index (χ4v) is 0.901. The highest BCUT2D eigenvalue weighted by atomic mass is 79.9. The van der Waals surface area contributed by atoms with Crippen LogP contribution in [0.25, 0.3) is 0 Å². The lowest BCUT2D eigenvalue weighted by atomic mass is 10.3. The van der Waals surface area contributed by atoms with Crippen molar-refractivity contribution in [3.63, 3.8) is 0 Å². The molecule has 1 aromatic carbocycles. The van der Waals surface area contributed by atoms with E-state index in [9.17, 15) is 13.2 Å². The van der Waals surface area contributed by atoms with E-state index in [4.69, 9.17) is 0 Å². The van der Waals surface area contributed by atoms with Crippen LogP contribution in [0.3, 0.4) is 0 Å². The van der Waals surface area contributed by atoms with Crippen molar-refractivity contribution >= 4 is 15.9 Å². The molecule has 1 nitrogen and oxygen atoms in total. The van der Waals surface area contributed by atoms with Gasteiger partial charge in [-0.15, -0.1) is 13.2 Å². The van der Waals surface area contributed by atoms with Gasteiger partial charge in [0.25, 0.3) is 0 Å². The monoisotopic (exact) mass is 298 g/mol. The summed E-state index contributed by atoms with van der Waals surface area (Å²) < 4.78 is 39.2. The predicted molar refractivity (Wildman–Crippen MR) is 61.3 cm³/mol. The Hall–Kier alpha value is -0.710. The SMILES string of the molecule is CC(C)C.FC(F)(F)Oc1ccc(Br)cc1. The first-order valence-electron chi connectivity index (χ1n) is 4.72. The van der Waals surface area contributed by atoms with Gasteiger partial charge in [0, 0.05) is 4.47 Å². The van der Waals surface area contributed by atoms with E-state index in [2.05, 4.69) is 41.4 Å². The van der Waals surface area contributed by atoms with Crippen LogP contribution in [0.4, 0.5) is 13.2 Å². The quantitative estimate of drug-likeness (QED) is 0.708. The van der Waals surface area contributed by atoms with Crippen LogP contribution in [-0.4, -0.2) is 6.36 Å². The Morgan fingerprint density at radius 3 is 1.75 bits per heavy atom. The number of halogens is 4. The minimum absolute atomic E-state index is 0.217. The van der Waals surface area contributed by atoms with Crippen LogP contribution in [0.15, 0.2) is 28.7 Å². The summed E-state index contributed by atoms with van der Waals surface area (Å²) in [6.45, 7) is 6.50. The van der Waals surface area contributed by atoms with Crippen molar-refractivity contribution in [2.24, 2.45) is 5.92 Å². The predicted octanol–water partition coefficient (Wildman–Crippen LogP) is 5.01. The lowest BCUT2D eigenvalue weighted by molar-refractivity contribution is -0.274. The maximum Gasteiger partial charge on any atom is 0.573 e. The van der Waals surface area contributed by atoms with Gasteiger partial charge in [0.05, 0.1) is 0 Å². The molecule has 0 aliphatic heterocycles. The summed E-state index contributed by atoms with van der Waals surface area (Å²) in [5.41, 5.74) is 0. The normalized spacial score (nSPS) is 10.8. The zero-order valence-electron chi connectivity index (χ0n) is 9.31. The molecule has 92 valence electrons. The molecule has 0 aliphatic carbocycles. The number of ether oxygens (including phenoxy) is 1. The van der Waals surface area contributed by atoms with E-state index in [0.717, 1.165) is 5.92 Å². The van der Waals surface area contributed by atoms with Crippen LogP contribution in [0.1, 0.15) is 20.8 Å². The maximum absolute atomic E-state index is 11.6. The third kappa shape index (κ3) is 9.83. The van der Waals surface area contributed by atoms with E-state index in [1.54, 1.807) is 0 Å². The summed E-state index contributed by atoms with van der Waals surface area (Å²) in [5, 5.41) is 0. The Balaban J connectivity index is 0.000000487. The molecule has 0 unspecified atom stereocenters. The highest BCUT2D eigenvalue weighted by Gasteiger charge is 2.30. The van der Waals surface area contributed by atoms with E-state index in [0.29, 0.717) is 4.47 Å². The Bertz CT molecular complexity index is 290. The van der Waals surface area contributed by atoms with E-state index < -0.39 is 6.36 Å². The molecule has 0 aliphatic rings. The average molecular weight is 299 g/mol. The Kier molecular flexibility index (Phi) is 6.48. The zero-order valence-corrected chi connectivity index (χ0v) is 10.9. The van der Waals surface area contributed by atoms with Crippen molar-refractivity contribution in [3.8, 4) is 5.75 Å². The zero-order chi connectivity index (χ0) is 12.8. The molecule has 1 aromatic rings. The first-order chi connectivity index (χ1) is 7.20. The second-order valence-corrected chi connectivity index (χ2v) is 4.65. The van der Waals surface area contributed by atoms with E-state index >= 15 is 0 Å². The van der Waals surface area contributed by atoms with Crippen molar-refractivity contribution in [1.82, 2.24) is 0 Å². The summed E-state index contributed by atoms with van der Waals surface area (Å²) in [5.74, 6) is 0.616. The minimum Gasteiger partial charge on any atom is -0.406 e. The third-order valence-corrected chi connectivity index (χ3v) is 1.58. The molecule has 0 spiro atoms. The van der Waals surface area contributed by atoms with Crippen LogP contribution in [0, 0.1) is 5.92 Å². The summed E-state index contributed by atoms with van der Waals surface area (Å²) in [7, 11) is 0. The van der Waals surface area contributed by atoms with Crippen molar-refractivity contribution in [2.75, 3.05) is 0 Å². The molecule has 0 fully saturated rings. The van der Waals surface area contributed by atoms with Crippen LogP contribution < -0.4 is 4.74 Å². The summed E-state index contributed by atoms with van der Waals surface area (Å²) in [4.78, 5) is 0. The molecule has 1 rings (SSSR count). The van der Waals surface area contributed by atoms with Crippen molar-refractivity contribution in [1.29, 1.82) is 0 Å². The highest BCUT2D eigenvalue weighted by Crippen LogP contribution is 2.23. The molecule has 0 saturated carbocycles. The van der Waals surface area contributed by atoms with Gasteiger partial charge in [-0.05, 0) is 30.2 Å². The lowest BCUT2D eigenvalue weighted by Gasteiger charge is -2.07. The molecule has 5 heteroatoms. The van der Waals surface area contributed by atoms with Gasteiger partial charge in [0.15, 0.2) is 0 Å². The van der Waals surface area contributed by atoms with E-state index in [-0.39, 0.29) is 5.75 Å². The van der Waals surface area contributed by atoms with Gasteiger partial charge in [-0.1, -0.05) is 36.7 Å². The average Bonchev–Trinajstić information content (AvgIpc) is 2.05. The third-order valence-electron chi connectivity index (χ3n) is 1.05. The molecule has 16 heavy (non-hydrogen) atoms. The fourth-order valence-electron chi connectivity index (χ4n) is 0.636. The van der Waals surface area contributed by atoms with Crippen molar-refractivity contribution in [3.05, 3.63) is 28.7 Å². The molecule has 0 amide bonds. The Labute approximate surface area is 102 Å². The molecular formula is C11H14BrF3O. The lowest BCUT2D eigenvalue weighted by Crippen LogP contribution is -2.16. The molecule has 0 aromatic heterocycles. The molecule has 0 heterocycles. The number of hydrogen-bond acceptors (Lipinski definition) is 1. The summed E-state index contributed by atoms with van der Waals surface area (Å²) in [6, 6.07) is 5.41. The molecule has 0 saturated heterocycles. The maximum atomic E-state index is 11.6. The van der Waals surface area contributed by atoms with E-state index in [1.165, 1.54) is 24.3 Å². The standard InChI is InChI=1S/C7H4BrF3O.C4H10/c8-5-1-3-6(4-2-5)12-7(9,10)11;1-4(2)3/h1-4H;4H,1-3H3. The van der Waals surface area contributed by atoms with Crippen LogP contribution in [0.2, 0.25) is 0 Å². The van der Waals surface area contributed by atoms with Gasteiger partial charge < -0.3 is 4.74 Å². The molecule has 0 radical (unpaired) electrons. The number of hydrogen-bond donors (Lipinski definition) is 0. The van der Waals surface area contributed by atoms with Crippen molar-refractivity contribution < 1.29 is 17.9 Å². The summed E-state index contributed by atoms with van der Waals surface area (Å²) in [6.07, 6.45) is -4.62. The minimum atomic E-state index is -4.62. The molecule has 0 atom stereocenters. The van der Waals surface area contributed by atoms with Crippen LogP contribution in [0.5, 0.6) is 5.75 Å². The second kappa shape index (κ2) is 6.78. The number of rotatable bonds is 1. The Morgan fingerprint density at radius 1 is 1.06 bits per heavy atom. The summed E-state index contributed by atoms with van der Waals surface area (Å²) >= 11 is 3.09. The van der Waals surface area contributed by atoms with Crippen LogP contribution in [-0.2, 0) is 0 Å². The van der Waals surface area contributed by atoms with Gasteiger partial charge in [0.2, 0.25) is 0 Å². The van der Waals surface area contributed by atoms with Gasteiger partial charge >= 0.3 is 6.36 Å². The highest BCUT2D eigenvalue weighted by molar-refractivity contribution is 9.10. The van der Waals surface area contributed by atoms with Gasteiger partial charge in [-0.3, -0.25) is 0 Å². The van der Waals surface area contributed by atoms with Gasteiger partial charge in [-0.2, -0.15) is 0 Å².